The van der Waals surface area contributed by atoms with E-state index in [0.29, 0.717) is 5.92 Å². The molecule has 0 saturated carbocycles. The van der Waals surface area contributed by atoms with Gasteiger partial charge in [0.2, 0.25) is 0 Å². The number of aryl methyl sites for hydroxylation is 1. The molecule has 8 aromatic rings. The van der Waals surface area contributed by atoms with E-state index >= 15 is 0 Å². The van der Waals surface area contributed by atoms with Crippen LogP contribution in [0.2, 0.25) is 0 Å². The SMILES string of the molecule is C1=CC2C3=C(CCC4=C3CCC=C4)N(c3ccc4cc5c(cc4c3)N(c3cc(C4N=C(C6=Cc7ccccc7CC6)N=C(c6ccc7ccc8ccccc8c7c6)N4)c4ccccc4c3)C3C=CC=CC53)C2C=C1. The third-order valence-electron chi connectivity index (χ3n) is 17.4. The molecule has 3 heterocycles. The monoisotopic (exact) mass is 951 g/mol. The average molecular weight is 952 g/mol. The van der Waals surface area contributed by atoms with Crippen molar-refractivity contribution < 1.29 is 0 Å². The molecule has 16 rings (SSSR count). The number of fused-ring (bicyclic) bond motifs is 12. The first-order valence-corrected chi connectivity index (χ1v) is 26.8. The molecule has 0 saturated heterocycles. The first-order chi connectivity index (χ1) is 36.6. The molecule has 0 amide bonds. The number of benzene rings is 8. The predicted molar refractivity (Wildman–Crippen MR) is 309 cm³/mol. The van der Waals surface area contributed by atoms with Crippen molar-refractivity contribution in [1.82, 2.24) is 5.32 Å². The van der Waals surface area contributed by atoms with Crippen LogP contribution < -0.4 is 15.1 Å². The standard InChI is InChI=1S/C69H53N5/c1-2-16-46-35-49(29-25-42(46)13-1)67-70-68(50-30-28-45-27-26-43-14-3-6-18-54(43)59(45)39-50)72-69(71-67)61-41-53(36-48-17-5-7-19-55(48)61)74-62-23-11-9-21-57(62)60-38-47-31-33-52(37-51(47)40-65(60)74)73-63-24-12-10-22-58(63)66-56-20-8-4-15-44(56)32-34-64(66)73/h1-7,9-19,21-24,26-28,30-31,33,35-41,57-58,62-63,69H,8,20,25,29,32,34H2,(H,70,71,72). The Morgan fingerprint density at radius 2 is 1.28 bits per heavy atom. The Kier molecular flexibility index (Phi) is 9.36. The Labute approximate surface area is 431 Å². The lowest BCUT2D eigenvalue weighted by molar-refractivity contribution is 0.674. The minimum atomic E-state index is -0.397. The fourth-order valence-corrected chi connectivity index (χ4v) is 13.9. The van der Waals surface area contributed by atoms with Gasteiger partial charge in [-0.05, 0) is 169 Å². The van der Waals surface area contributed by atoms with Crippen molar-refractivity contribution in [3.8, 4) is 0 Å². The van der Waals surface area contributed by atoms with Crippen LogP contribution in [0.1, 0.15) is 72.0 Å². The first kappa shape index (κ1) is 42.0. The van der Waals surface area contributed by atoms with Crippen LogP contribution >= 0.6 is 0 Å². The molecule has 8 aromatic carbocycles. The van der Waals surface area contributed by atoms with E-state index in [1.54, 1.807) is 16.7 Å². The molecule has 5 heteroatoms. The van der Waals surface area contributed by atoms with Crippen molar-refractivity contribution in [2.75, 3.05) is 9.80 Å². The van der Waals surface area contributed by atoms with Gasteiger partial charge in [-0.1, -0.05) is 164 Å². The summed E-state index contributed by atoms with van der Waals surface area (Å²) in [6.07, 6.45) is 31.7. The quantitative estimate of drug-likeness (QED) is 0.175. The van der Waals surface area contributed by atoms with Crippen molar-refractivity contribution in [3.63, 3.8) is 0 Å². The zero-order valence-electron chi connectivity index (χ0n) is 41.1. The van der Waals surface area contributed by atoms with Crippen LogP contribution in [0.15, 0.2) is 244 Å². The number of allylic oxidation sites excluding steroid dienone is 9. The van der Waals surface area contributed by atoms with Gasteiger partial charge in [0.25, 0.3) is 0 Å². The summed E-state index contributed by atoms with van der Waals surface area (Å²) in [5.74, 6) is 2.24. The molecule has 74 heavy (non-hydrogen) atoms. The van der Waals surface area contributed by atoms with Gasteiger partial charge in [-0.3, -0.25) is 0 Å². The zero-order valence-corrected chi connectivity index (χ0v) is 41.1. The molecular weight excluding hydrogens is 899 g/mol. The van der Waals surface area contributed by atoms with Crippen molar-refractivity contribution in [3.05, 3.63) is 262 Å². The van der Waals surface area contributed by atoms with Crippen LogP contribution in [0.5, 0.6) is 0 Å². The maximum absolute atomic E-state index is 5.63. The minimum Gasteiger partial charge on any atom is -0.344 e. The van der Waals surface area contributed by atoms with Gasteiger partial charge in [0.05, 0.1) is 12.1 Å². The molecule has 5 unspecified atom stereocenters. The van der Waals surface area contributed by atoms with Crippen LogP contribution in [-0.4, -0.2) is 23.8 Å². The second-order valence-corrected chi connectivity index (χ2v) is 21.4. The van der Waals surface area contributed by atoms with Gasteiger partial charge in [-0.2, -0.15) is 0 Å². The summed E-state index contributed by atoms with van der Waals surface area (Å²) < 4.78 is 0. The number of hydrogen-bond acceptors (Lipinski definition) is 5. The van der Waals surface area contributed by atoms with Gasteiger partial charge in [-0.15, -0.1) is 0 Å². The smallest absolute Gasteiger partial charge is 0.155 e. The summed E-state index contributed by atoms with van der Waals surface area (Å²) in [4.78, 5) is 16.4. The Balaban J connectivity index is 0.836. The van der Waals surface area contributed by atoms with E-state index in [1.807, 2.05) is 0 Å². The third-order valence-corrected chi connectivity index (χ3v) is 17.4. The lowest BCUT2D eigenvalue weighted by Crippen LogP contribution is -2.34. The molecule has 5 atom stereocenters. The van der Waals surface area contributed by atoms with Crippen LogP contribution in [0.25, 0.3) is 49.2 Å². The highest BCUT2D eigenvalue weighted by Crippen LogP contribution is 2.53. The number of aliphatic imine (C=N–C) groups is 2. The topological polar surface area (TPSA) is 43.2 Å². The van der Waals surface area contributed by atoms with Crippen LogP contribution in [0.3, 0.4) is 0 Å². The van der Waals surface area contributed by atoms with Gasteiger partial charge in [0.15, 0.2) is 5.84 Å². The largest absolute Gasteiger partial charge is 0.344 e. The van der Waals surface area contributed by atoms with Gasteiger partial charge in [-0.25, -0.2) is 9.98 Å². The summed E-state index contributed by atoms with van der Waals surface area (Å²) in [5.41, 5.74) is 17.3. The number of nitrogens with zero attached hydrogens (tertiary/aromatic N) is 4. The van der Waals surface area contributed by atoms with E-state index in [4.69, 9.17) is 9.98 Å². The summed E-state index contributed by atoms with van der Waals surface area (Å²) in [6, 6.07) is 55.0. The normalized spacial score (nSPS) is 23.1. The molecule has 0 aromatic heterocycles. The molecule has 1 N–H and O–H groups in total. The molecule has 354 valence electrons. The number of rotatable bonds is 5. The Bertz CT molecular complexity index is 4110. The van der Waals surface area contributed by atoms with Crippen molar-refractivity contribution in [2.24, 2.45) is 15.9 Å². The molecule has 5 aliphatic carbocycles. The third kappa shape index (κ3) is 6.55. The van der Waals surface area contributed by atoms with E-state index < -0.39 is 6.17 Å². The Hall–Kier alpha value is -8.54. The Morgan fingerprint density at radius 1 is 0.527 bits per heavy atom. The summed E-state index contributed by atoms with van der Waals surface area (Å²) in [5, 5.41) is 13.8. The number of nitrogens with one attached hydrogen (secondary N) is 1. The number of hydrogen-bond donors (Lipinski definition) is 1. The van der Waals surface area contributed by atoms with E-state index in [9.17, 15) is 0 Å². The van der Waals surface area contributed by atoms with E-state index in [0.717, 1.165) is 67.0 Å². The van der Waals surface area contributed by atoms with Crippen molar-refractivity contribution in [1.29, 1.82) is 0 Å². The fourth-order valence-electron chi connectivity index (χ4n) is 13.9. The summed E-state index contributed by atoms with van der Waals surface area (Å²) in [7, 11) is 0. The molecule has 0 fully saturated rings. The van der Waals surface area contributed by atoms with Crippen LogP contribution in [-0.2, 0) is 6.42 Å². The molecule has 8 aliphatic rings. The van der Waals surface area contributed by atoms with E-state index in [2.05, 4.69) is 228 Å². The van der Waals surface area contributed by atoms with Gasteiger partial charge in [0.1, 0.15) is 12.0 Å². The highest BCUT2D eigenvalue weighted by atomic mass is 15.2. The van der Waals surface area contributed by atoms with Crippen LogP contribution in [0, 0.1) is 5.92 Å². The lowest BCUT2D eigenvalue weighted by Gasteiger charge is -2.32. The number of amidine groups is 2. The molecular formula is C69H53N5. The predicted octanol–water partition coefficient (Wildman–Crippen LogP) is 16.1. The van der Waals surface area contributed by atoms with Gasteiger partial charge in [0, 0.05) is 45.7 Å². The summed E-state index contributed by atoms with van der Waals surface area (Å²) in [6.45, 7) is 0. The number of anilines is 3. The Morgan fingerprint density at radius 3 is 2.20 bits per heavy atom. The molecule has 0 spiro atoms. The highest BCUT2D eigenvalue weighted by molar-refractivity contribution is 6.17. The highest BCUT2D eigenvalue weighted by Gasteiger charge is 2.43. The van der Waals surface area contributed by atoms with Gasteiger partial charge >= 0.3 is 0 Å². The van der Waals surface area contributed by atoms with Crippen molar-refractivity contribution >= 4 is 77.9 Å². The minimum absolute atomic E-state index is 0.121. The molecule has 0 radical (unpaired) electrons. The summed E-state index contributed by atoms with van der Waals surface area (Å²) >= 11 is 0. The lowest BCUT2D eigenvalue weighted by atomic mass is 9.78. The molecule has 0 bridgehead atoms. The molecule has 3 aliphatic heterocycles. The van der Waals surface area contributed by atoms with Crippen molar-refractivity contribution in [2.45, 2.75) is 62.7 Å². The first-order valence-electron chi connectivity index (χ1n) is 26.8. The second-order valence-electron chi connectivity index (χ2n) is 21.4. The maximum Gasteiger partial charge on any atom is 0.155 e. The van der Waals surface area contributed by atoms with Gasteiger partial charge < -0.3 is 15.1 Å². The van der Waals surface area contributed by atoms with E-state index in [-0.39, 0.29) is 18.0 Å². The van der Waals surface area contributed by atoms with Crippen LogP contribution in [0.4, 0.5) is 17.1 Å². The zero-order chi connectivity index (χ0) is 48.4. The fraction of sp³-hybridized carbons (Fsp3) is 0.159. The average Bonchev–Trinajstić information content (AvgIpc) is 4.01. The molecule has 5 nitrogen and oxygen atoms in total. The maximum atomic E-state index is 5.63. The van der Waals surface area contributed by atoms with E-state index in [1.165, 1.54) is 82.4 Å². The second kappa shape index (κ2) is 16.5.